The van der Waals surface area contributed by atoms with Crippen molar-refractivity contribution in [3.8, 4) is 11.8 Å². The van der Waals surface area contributed by atoms with E-state index in [0.29, 0.717) is 27.8 Å². The van der Waals surface area contributed by atoms with E-state index in [4.69, 9.17) is 13.0 Å². The van der Waals surface area contributed by atoms with Gasteiger partial charge in [-0.05, 0) is 63.8 Å². The van der Waals surface area contributed by atoms with Crippen LogP contribution in [0.15, 0.2) is 48.7 Å². The van der Waals surface area contributed by atoms with Crippen molar-refractivity contribution in [1.82, 2.24) is 9.88 Å². The van der Waals surface area contributed by atoms with Crippen molar-refractivity contribution >= 4 is 28.1 Å². The second kappa shape index (κ2) is 10.7. The van der Waals surface area contributed by atoms with E-state index in [0.717, 1.165) is 4.90 Å². The van der Waals surface area contributed by atoms with E-state index in [2.05, 4.69) is 16.4 Å². The number of aromatic nitrogens is 1. The molecule has 7 heteroatoms. The summed E-state index contributed by atoms with van der Waals surface area (Å²) < 4.78 is 65.2. The lowest BCUT2D eigenvalue weighted by Gasteiger charge is -2.15. The quantitative estimate of drug-likeness (QED) is 0.464. The molecule has 1 heterocycles. The summed E-state index contributed by atoms with van der Waals surface area (Å²) in [5.41, 5.74) is 1.99. The van der Waals surface area contributed by atoms with Gasteiger partial charge in [0.25, 0.3) is 0 Å². The highest BCUT2D eigenvalue weighted by atomic mass is 19.1. The minimum atomic E-state index is -2.39. The second-order valence-electron chi connectivity index (χ2n) is 7.36. The number of rotatable bonds is 9. The molecule has 0 spiro atoms. The van der Waals surface area contributed by atoms with Gasteiger partial charge in [0.1, 0.15) is 17.6 Å². The molecule has 3 aromatic rings. The van der Waals surface area contributed by atoms with Crippen molar-refractivity contribution < 1.29 is 22.1 Å². The minimum Gasteiger partial charge on any atom is -0.494 e. The molecule has 0 saturated heterocycles. The number of pyridine rings is 1. The first-order valence-corrected chi connectivity index (χ1v) is 10.1. The Labute approximate surface area is 201 Å². The monoisotopic (exact) mass is 452 g/mol. The van der Waals surface area contributed by atoms with Gasteiger partial charge in [0.2, 0.25) is 0 Å². The van der Waals surface area contributed by atoms with E-state index in [9.17, 15) is 14.4 Å². The molecule has 0 unspecified atom stereocenters. The SMILES string of the molecule is [2H]/C(=C\CN(C)C([2H])([2H])[2H])C(=O)Cc1cc2c(Nc3ccc(F)c(C)c3)c(C#N)cnc2cc1OC([2H])([2H])C. The molecule has 0 bridgehead atoms. The summed E-state index contributed by atoms with van der Waals surface area (Å²) in [4.78, 5) is 18.2. The number of carbonyl (C=O) groups is 1. The molecule has 0 fully saturated rings. The summed E-state index contributed by atoms with van der Waals surface area (Å²) in [5.74, 6) is -1.01. The van der Waals surface area contributed by atoms with E-state index in [-0.39, 0.29) is 35.7 Å². The molecule has 0 saturated carbocycles. The number of nitriles is 1. The van der Waals surface area contributed by atoms with Crippen LogP contribution in [0.1, 0.15) is 31.8 Å². The summed E-state index contributed by atoms with van der Waals surface area (Å²) in [6.07, 6.45) is 2.16. The number of hydrogen-bond donors (Lipinski definition) is 1. The third-order valence-electron chi connectivity index (χ3n) is 4.79. The van der Waals surface area contributed by atoms with E-state index in [1.54, 1.807) is 13.0 Å². The first kappa shape index (κ1) is 16.8. The summed E-state index contributed by atoms with van der Waals surface area (Å²) in [6.45, 7) is -1.85. The number of nitrogens with zero attached hydrogens (tertiary/aromatic N) is 3. The fraction of sp³-hybridized carbons (Fsp3) is 0.269. The lowest BCUT2D eigenvalue weighted by molar-refractivity contribution is -0.114. The number of anilines is 2. The highest BCUT2D eigenvalue weighted by Crippen LogP contribution is 2.34. The highest BCUT2D eigenvalue weighted by molar-refractivity contribution is 5.98. The number of aryl methyl sites for hydroxylation is 1. The largest absolute Gasteiger partial charge is 0.494 e. The first-order valence-electron chi connectivity index (χ1n) is 13.1. The number of likely N-dealkylation sites (N-methyl/N-ethyl adjacent to an activating group) is 1. The number of ether oxygens (including phenoxy) is 1. The van der Waals surface area contributed by atoms with E-state index >= 15 is 0 Å². The molecular formula is C26H27FN4O2. The molecule has 0 aliphatic carbocycles. The zero-order chi connectivity index (χ0) is 29.1. The Morgan fingerprint density at radius 2 is 2.27 bits per heavy atom. The molecule has 0 atom stereocenters. The molecular weight excluding hydrogens is 419 g/mol. The molecule has 1 N–H and O–H groups in total. The molecule has 170 valence electrons. The number of benzene rings is 2. The van der Waals surface area contributed by atoms with Crippen LogP contribution in [-0.4, -0.2) is 42.8 Å². The van der Waals surface area contributed by atoms with Crippen LogP contribution in [0.5, 0.6) is 5.75 Å². The molecule has 33 heavy (non-hydrogen) atoms. The fourth-order valence-corrected chi connectivity index (χ4v) is 3.21. The topological polar surface area (TPSA) is 78.3 Å². The van der Waals surface area contributed by atoms with Crippen LogP contribution in [0, 0.1) is 24.1 Å². The van der Waals surface area contributed by atoms with Gasteiger partial charge in [-0.15, -0.1) is 0 Å². The Balaban J connectivity index is 2.09. The summed E-state index contributed by atoms with van der Waals surface area (Å²) in [5, 5.41) is 13.2. The third kappa shape index (κ3) is 5.93. The van der Waals surface area contributed by atoms with Crippen LogP contribution >= 0.6 is 0 Å². The normalized spacial score (nSPS) is 15.0. The van der Waals surface area contributed by atoms with Crippen molar-refractivity contribution in [1.29, 1.82) is 5.26 Å². The molecule has 3 rings (SSSR count). The van der Waals surface area contributed by atoms with Crippen molar-refractivity contribution in [2.75, 3.05) is 32.4 Å². The van der Waals surface area contributed by atoms with Gasteiger partial charge in [0, 0.05) is 46.0 Å². The minimum absolute atomic E-state index is 0.0246. The Morgan fingerprint density at radius 3 is 2.97 bits per heavy atom. The van der Waals surface area contributed by atoms with Gasteiger partial charge in [-0.25, -0.2) is 4.39 Å². The molecule has 6 nitrogen and oxygen atoms in total. The number of halogens is 1. The molecule has 1 aromatic heterocycles. The Hall–Kier alpha value is -3.76. The Bertz CT molecular complexity index is 1480. The smallest absolute Gasteiger partial charge is 0.159 e. The highest BCUT2D eigenvalue weighted by Gasteiger charge is 2.16. The maximum absolute atomic E-state index is 13.8. The molecule has 0 radical (unpaired) electrons. The van der Waals surface area contributed by atoms with Crippen LogP contribution < -0.4 is 10.1 Å². The molecule has 0 amide bonds. The first-order chi connectivity index (χ1) is 18.1. The summed E-state index contributed by atoms with van der Waals surface area (Å²) in [6, 6.07) is 8.99. The van der Waals surface area contributed by atoms with Crippen molar-refractivity contribution in [3.63, 3.8) is 0 Å². The summed E-state index contributed by atoms with van der Waals surface area (Å²) in [7, 11) is 1.34. The average molecular weight is 453 g/mol. The maximum Gasteiger partial charge on any atom is 0.159 e. The van der Waals surface area contributed by atoms with Gasteiger partial charge in [-0.1, -0.05) is 6.08 Å². The zero-order valence-electron chi connectivity index (χ0n) is 24.5. The fourth-order valence-electron chi connectivity index (χ4n) is 3.21. The number of allylic oxidation sites excluding steroid dienone is 1. The van der Waals surface area contributed by atoms with Crippen molar-refractivity contribution in [2.24, 2.45) is 0 Å². The average Bonchev–Trinajstić information content (AvgIpc) is 2.83. The molecule has 2 aromatic carbocycles. The number of nitrogens with one attached hydrogen (secondary N) is 1. The zero-order valence-corrected chi connectivity index (χ0v) is 18.5. The predicted octanol–water partition coefficient (Wildman–Crippen LogP) is 4.93. The van der Waals surface area contributed by atoms with Crippen LogP contribution in [-0.2, 0) is 11.2 Å². The Morgan fingerprint density at radius 1 is 1.45 bits per heavy atom. The van der Waals surface area contributed by atoms with Gasteiger partial charge in [-0.3, -0.25) is 9.78 Å². The van der Waals surface area contributed by atoms with E-state index in [1.807, 2.05) is 0 Å². The lowest BCUT2D eigenvalue weighted by Crippen LogP contribution is -2.11. The van der Waals surface area contributed by atoms with Gasteiger partial charge >= 0.3 is 0 Å². The van der Waals surface area contributed by atoms with Gasteiger partial charge < -0.3 is 15.0 Å². The third-order valence-corrected chi connectivity index (χ3v) is 4.79. The van der Waals surface area contributed by atoms with Crippen molar-refractivity contribution in [2.45, 2.75) is 20.3 Å². The maximum atomic E-state index is 13.8. The van der Waals surface area contributed by atoms with Crippen LogP contribution in [0.3, 0.4) is 0 Å². The number of carbonyl (C=O) groups excluding carboxylic acids is 1. The van der Waals surface area contributed by atoms with E-state index < -0.39 is 25.4 Å². The Kier molecular flexibility index (Phi) is 5.46. The van der Waals surface area contributed by atoms with Gasteiger partial charge in [-0.2, -0.15) is 5.26 Å². The second-order valence-corrected chi connectivity index (χ2v) is 7.36. The van der Waals surface area contributed by atoms with Gasteiger partial charge in [0.15, 0.2) is 5.78 Å². The lowest BCUT2D eigenvalue weighted by atomic mass is 10.0. The van der Waals surface area contributed by atoms with Crippen LogP contribution in [0.2, 0.25) is 0 Å². The molecule has 0 aliphatic heterocycles. The van der Waals surface area contributed by atoms with Crippen molar-refractivity contribution in [3.05, 3.63) is 71.2 Å². The number of hydrogen-bond acceptors (Lipinski definition) is 6. The van der Waals surface area contributed by atoms with Gasteiger partial charge in [0.05, 0.1) is 27.4 Å². The summed E-state index contributed by atoms with van der Waals surface area (Å²) >= 11 is 0. The standard InChI is InChI=1S/C26H27FN4O2/c1-5-33-25-14-24-22(13-18(25)12-21(32)7-6-10-31(3)4)26(19(15-28)16-29-24)30-20-8-9-23(27)17(2)11-20/h6-9,11,13-14,16H,5,10,12H2,1-4H3,(H,29,30)/b7-6+/i3D3,5D2,7D. The van der Waals surface area contributed by atoms with Crippen LogP contribution in [0.4, 0.5) is 15.8 Å². The predicted molar refractivity (Wildman–Crippen MR) is 128 cm³/mol. The van der Waals surface area contributed by atoms with E-state index in [1.165, 1.54) is 50.5 Å². The number of ketones is 1. The molecule has 0 aliphatic rings. The number of fused-ring (bicyclic) bond motifs is 1. The van der Waals surface area contributed by atoms with Crippen LogP contribution in [0.25, 0.3) is 10.9 Å².